The number of carbonyl (C=O) groups excluding carboxylic acids is 1. The minimum atomic E-state index is -4.46. The van der Waals surface area contributed by atoms with E-state index in [-0.39, 0.29) is 23.7 Å². The highest BCUT2D eigenvalue weighted by Crippen LogP contribution is 2.31. The third-order valence-corrected chi connectivity index (χ3v) is 6.38. The Bertz CT molecular complexity index is 1110. The molecule has 4 N–H and O–H groups in total. The molecule has 176 valence electrons. The van der Waals surface area contributed by atoms with Crippen molar-refractivity contribution in [2.24, 2.45) is 0 Å². The van der Waals surface area contributed by atoms with E-state index >= 15 is 0 Å². The molecule has 1 aliphatic carbocycles. The minimum Gasteiger partial charge on any atom is -0.393 e. The van der Waals surface area contributed by atoms with Gasteiger partial charge in [0.15, 0.2) is 0 Å². The Hall–Kier alpha value is -2.59. The molecule has 0 bridgehead atoms. The summed E-state index contributed by atoms with van der Waals surface area (Å²) in [4.78, 5) is 20.1. The number of imidazole rings is 1. The summed E-state index contributed by atoms with van der Waals surface area (Å²) >= 11 is 3.39. The van der Waals surface area contributed by atoms with Crippen molar-refractivity contribution in [1.29, 1.82) is 0 Å². The summed E-state index contributed by atoms with van der Waals surface area (Å²) in [6.45, 7) is 0. The van der Waals surface area contributed by atoms with Crippen LogP contribution >= 0.6 is 15.9 Å². The van der Waals surface area contributed by atoms with Crippen LogP contribution in [0.3, 0.4) is 0 Å². The van der Waals surface area contributed by atoms with Crippen LogP contribution in [-0.4, -0.2) is 33.3 Å². The first-order chi connectivity index (χ1) is 15.7. The van der Waals surface area contributed by atoms with Gasteiger partial charge in [-0.25, -0.2) is 9.78 Å². The monoisotopic (exact) mass is 524 g/mol. The van der Waals surface area contributed by atoms with Gasteiger partial charge in [-0.2, -0.15) is 13.2 Å². The van der Waals surface area contributed by atoms with E-state index in [0.717, 1.165) is 22.2 Å². The number of aromatic amines is 1. The summed E-state index contributed by atoms with van der Waals surface area (Å²) in [6, 6.07) is 9.92. The molecule has 1 aliphatic rings. The van der Waals surface area contributed by atoms with Crippen LogP contribution in [0.15, 0.2) is 46.9 Å². The van der Waals surface area contributed by atoms with Gasteiger partial charge < -0.3 is 20.7 Å². The zero-order chi connectivity index (χ0) is 23.6. The lowest BCUT2D eigenvalue weighted by molar-refractivity contribution is -0.137. The number of alkyl halides is 3. The van der Waals surface area contributed by atoms with Gasteiger partial charge in [0.1, 0.15) is 5.82 Å². The minimum absolute atomic E-state index is 0.0354. The maximum atomic E-state index is 13.1. The number of hydrogen-bond acceptors (Lipinski definition) is 3. The Kier molecular flexibility index (Phi) is 6.94. The number of amides is 2. The fraction of sp³-hybridized carbons (Fsp3) is 0.391. The van der Waals surface area contributed by atoms with Gasteiger partial charge in [0, 0.05) is 10.5 Å². The number of nitrogens with one attached hydrogen (secondary N) is 3. The molecule has 3 aromatic rings. The number of rotatable bonds is 5. The highest BCUT2D eigenvalue weighted by atomic mass is 79.9. The Morgan fingerprint density at radius 1 is 1.15 bits per heavy atom. The molecule has 0 radical (unpaired) electrons. The summed E-state index contributed by atoms with van der Waals surface area (Å²) in [5, 5.41) is 15.5. The number of benzene rings is 2. The van der Waals surface area contributed by atoms with E-state index in [0.29, 0.717) is 43.4 Å². The molecule has 33 heavy (non-hydrogen) atoms. The second-order valence-electron chi connectivity index (χ2n) is 8.36. The Balaban J connectivity index is 1.56. The first-order valence-electron chi connectivity index (χ1n) is 10.7. The van der Waals surface area contributed by atoms with Crippen LogP contribution in [0.1, 0.15) is 48.7 Å². The summed E-state index contributed by atoms with van der Waals surface area (Å²) < 4.78 is 40.2. The molecule has 1 heterocycles. The number of hydrogen-bond donors (Lipinski definition) is 4. The van der Waals surface area contributed by atoms with Crippen LogP contribution < -0.4 is 10.6 Å². The highest BCUT2D eigenvalue weighted by Gasteiger charge is 2.31. The molecule has 4 rings (SSSR count). The molecular weight excluding hydrogens is 501 g/mol. The number of aliphatic hydroxyl groups excluding tert-OH is 1. The maximum absolute atomic E-state index is 13.1. The summed E-state index contributed by atoms with van der Waals surface area (Å²) in [7, 11) is 0. The van der Waals surface area contributed by atoms with Crippen molar-refractivity contribution in [3.8, 4) is 0 Å². The van der Waals surface area contributed by atoms with E-state index in [4.69, 9.17) is 0 Å². The molecule has 2 aromatic carbocycles. The van der Waals surface area contributed by atoms with Crippen LogP contribution in [0.25, 0.3) is 11.0 Å². The van der Waals surface area contributed by atoms with E-state index < -0.39 is 17.8 Å². The zero-order valence-corrected chi connectivity index (χ0v) is 19.2. The highest BCUT2D eigenvalue weighted by molar-refractivity contribution is 9.10. The Labute approximate surface area is 197 Å². The SMILES string of the molecule is O=C(N[C@H](Cc1ccc(Br)cc1)c1nc2ccc(C(F)(F)F)cc2[nH]1)N[C@H]1CC[C@H](O)CC1. The zero-order valence-electron chi connectivity index (χ0n) is 17.6. The van der Waals surface area contributed by atoms with Gasteiger partial charge in [-0.3, -0.25) is 0 Å². The third-order valence-electron chi connectivity index (χ3n) is 5.85. The molecule has 1 saturated carbocycles. The van der Waals surface area contributed by atoms with Crippen LogP contribution in [0.5, 0.6) is 0 Å². The number of fused-ring (bicyclic) bond motifs is 1. The molecule has 1 fully saturated rings. The van der Waals surface area contributed by atoms with Gasteiger partial charge in [0.25, 0.3) is 0 Å². The van der Waals surface area contributed by atoms with Crippen LogP contribution in [0.2, 0.25) is 0 Å². The van der Waals surface area contributed by atoms with Crippen LogP contribution in [-0.2, 0) is 12.6 Å². The number of carbonyl (C=O) groups is 1. The maximum Gasteiger partial charge on any atom is 0.416 e. The normalized spacial score (nSPS) is 19.9. The van der Waals surface area contributed by atoms with Crippen molar-refractivity contribution in [3.63, 3.8) is 0 Å². The van der Waals surface area contributed by atoms with Gasteiger partial charge >= 0.3 is 12.2 Å². The van der Waals surface area contributed by atoms with E-state index in [1.807, 2.05) is 24.3 Å². The number of aliphatic hydroxyl groups is 1. The number of nitrogens with zero attached hydrogens (tertiary/aromatic N) is 1. The lowest BCUT2D eigenvalue weighted by Gasteiger charge is -2.27. The fourth-order valence-corrected chi connectivity index (χ4v) is 4.31. The summed E-state index contributed by atoms with van der Waals surface area (Å²) in [5.41, 5.74) is 0.812. The summed E-state index contributed by atoms with van der Waals surface area (Å²) in [5.74, 6) is 0.376. The van der Waals surface area contributed by atoms with Crippen LogP contribution in [0.4, 0.5) is 18.0 Å². The van der Waals surface area contributed by atoms with Crippen molar-refractivity contribution in [2.45, 2.75) is 56.5 Å². The lowest BCUT2D eigenvalue weighted by atomic mass is 9.93. The standard InChI is InChI=1S/C23H24BrF3N4O2/c24-15-4-1-13(2-5-15)11-20(31-22(33)28-16-6-8-17(32)9-7-16)21-29-18-10-3-14(23(25,26)27)12-19(18)30-21/h1-5,10,12,16-17,20,32H,6-9,11H2,(H,29,30)(H2,28,31,33)/t16-,17-,20-/m1/s1. The average molecular weight is 525 g/mol. The Morgan fingerprint density at radius 2 is 1.85 bits per heavy atom. The number of urea groups is 1. The average Bonchev–Trinajstić information content (AvgIpc) is 3.19. The predicted octanol–water partition coefficient (Wildman–Crippen LogP) is 5.23. The summed E-state index contributed by atoms with van der Waals surface area (Å²) in [6.07, 6.45) is -1.73. The molecular formula is C23H24BrF3N4O2. The third kappa shape index (κ3) is 6.05. The van der Waals surface area contributed by atoms with Crippen LogP contribution in [0, 0.1) is 0 Å². The first-order valence-corrected chi connectivity index (χ1v) is 11.5. The van der Waals surface area contributed by atoms with Gasteiger partial charge in [-0.05, 0) is 68.0 Å². The molecule has 0 spiro atoms. The van der Waals surface area contributed by atoms with Crippen molar-refractivity contribution < 1.29 is 23.1 Å². The van der Waals surface area contributed by atoms with E-state index in [9.17, 15) is 23.1 Å². The molecule has 10 heteroatoms. The second-order valence-corrected chi connectivity index (χ2v) is 9.27. The van der Waals surface area contributed by atoms with Gasteiger partial charge in [-0.1, -0.05) is 28.1 Å². The van der Waals surface area contributed by atoms with Crippen molar-refractivity contribution in [2.75, 3.05) is 0 Å². The molecule has 0 aliphatic heterocycles. The largest absolute Gasteiger partial charge is 0.416 e. The van der Waals surface area contributed by atoms with E-state index in [1.165, 1.54) is 6.07 Å². The van der Waals surface area contributed by atoms with Gasteiger partial charge in [0.2, 0.25) is 0 Å². The van der Waals surface area contributed by atoms with E-state index in [1.54, 1.807) is 0 Å². The number of H-pyrrole nitrogens is 1. The van der Waals surface area contributed by atoms with Crippen molar-refractivity contribution in [3.05, 3.63) is 63.9 Å². The molecule has 6 nitrogen and oxygen atoms in total. The van der Waals surface area contributed by atoms with Gasteiger partial charge in [-0.15, -0.1) is 0 Å². The quantitative estimate of drug-likeness (QED) is 0.368. The van der Waals surface area contributed by atoms with Gasteiger partial charge in [0.05, 0.1) is 28.7 Å². The fourth-order valence-electron chi connectivity index (χ4n) is 4.05. The topological polar surface area (TPSA) is 90.0 Å². The van der Waals surface area contributed by atoms with Crippen molar-refractivity contribution in [1.82, 2.24) is 20.6 Å². The molecule has 1 aromatic heterocycles. The second kappa shape index (κ2) is 9.72. The molecule has 0 unspecified atom stereocenters. The van der Waals surface area contributed by atoms with E-state index in [2.05, 4.69) is 36.5 Å². The molecule has 2 amide bonds. The van der Waals surface area contributed by atoms with Crippen molar-refractivity contribution >= 4 is 33.0 Å². The predicted molar refractivity (Wildman–Crippen MR) is 122 cm³/mol. The number of aromatic nitrogens is 2. The number of halogens is 4. The Morgan fingerprint density at radius 3 is 2.52 bits per heavy atom. The smallest absolute Gasteiger partial charge is 0.393 e. The molecule has 0 saturated heterocycles. The molecule has 1 atom stereocenters. The first kappa shape index (κ1) is 23.6. The lowest BCUT2D eigenvalue weighted by Crippen LogP contribution is -2.45.